The minimum Gasteiger partial charge on any atom is -0.494 e. The van der Waals surface area contributed by atoms with Crippen molar-refractivity contribution in [3.63, 3.8) is 0 Å². The van der Waals surface area contributed by atoms with E-state index in [4.69, 9.17) is 9.15 Å². The van der Waals surface area contributed by atoms with Gasteiger partial charge in [-0.2, -0.15) is 13.2 Å². The number of ether oxygens (including phenoxy) is 1. The number of hydrogen-bond acceptors (Lipinski definition) is 3. The van der Waals surface area contributed by atoms with Gasteiger partial charge < -0.3 is 14.1 Å². The van der Waals surface area contributed by atoms with Gasteiger partial charge in [0, 0.05) is 6.42 Å². The number of carbonyl (C=O) groups excluding carboxylic acids is 1. The Morgan fingerprint density at radius 2 is 2.04 bits per heavy atom. The topological polar surface area (TPSA) is 42.7 Å². The van der Waals surface area contributed by atoms with Crippen molar-refractivity contribution >= 4 is 5.91 Å². The summed E-state index contributed by atoms with van der Waals surface area (Å²) in [6.45, 7) is -1.65. The molecule has 0 aliphatic heterocycles. The van der Waals surface area contributed by atoms with Crippen LogP contribution in [0.1, 0.15) is 17.7 Å². The Bertz CT molecular complexity index is 698. The Kier molecular flexibility index (Phi) is 6.06. The highest BCUT2D eigenvalue weighted by Crippen LogP contribution is 2.21. The average Bonchev–Trinajstić information content (AvgIpc) is 3.04. The van der Waals surface area contributed by atoms with E-state index in [-0.39, 0.29) is 30.9 Å². The fraction of sp³-hybridized carbons (Fsp3) is 0.353. The molecule has 0 fully saturated rings. The van der Waals surface area contributed by atoms with Crippen molar-refractivity contribution in [2.45, 2.75) is 25.6 Å². The lowest BCUT2D eigenvalue weighted by molar-refractivity contribution is -0.162. The van der Waals surface area contributed by atoms with Crippen LogP contribution in [0.4, 0.5) is 17.6 Å². The van der Waals surface area contributed by atoms with Gasteiger partial charge in [-0.3, -0.25) is 4.79 Å². The molecule has 136 valence electrons. The highest BCUT2D eigenvalue weighted by atomic mass is 19.4. The number of nitrogens with zero attached hydrogens (tertiary/aromatic N) is 1. The number of rotatable bonds is 7. The Morgan fingerprint density at radius 1 is 1.28 bits per heavy atom. The summed E-state index contributed by atoms with van der Waals surface area (Å²) in [5.41, 5.74) is 0.497. The molecule has 0 saturated carbocycles. The van der Waals surface area contributed by atoms with Crippen LogP contribution in [-0.4, -0.2) is 30.6 Å². The van der Waals surface area contributed by atoms with Gasteiger partial charge in [0.2, 0.25) is 5.91 Å². The van der Waals surface area contributed by atoms with Crippen molar-refractivity contribution in [3.05, 3.63) is 53.7 Å². The van der Waals surface area contributed by atoms with Crippen LogP contribution < -0.4 is 4.74 Å². The van der Waals surface area contributed by atoms with E-state index >= 15 is 0 Å². The molecule has 0 bridgehead atoms. The van der Waals surface area contributed by atoms with Gasteiger partial charge in [-0.1, -0.05) is 6.07 Å². The number of halogens is 4. The molecule has 0 atom stereocenters. The summed E-state index contributed by atoms with van der Waals surface area (Å²) < 4.78 is 61.5. The molecular formula is C17H17F4NO3. The number of aryl methyl sites for hydroxylation is 1. The Labute approximate surface area is 142 Å². The second kappa shape index (κ2) is 8.04. The molecule has 0 aliphatic carbocycles. The Hall–Kier alpha value is -2.51. The SMILES string of the molecule is COc1ccc(CCC(=O)N(Cc2ccco2)CC(F)(F)F)cc1F. The zero-order valence-corrected chi connectivity index (χ0v) is 13.5. The normalized spacial score (nSPS) is 11.4. The number of methoxy groups -OCH3 is 1. The van der Waals surface area contributed by atoms with Crippen LogP contribution >= 0.6 is 0 Å². The molecule has 0 unspecified atom stereocenters. The smallest absolute Gasteiger partial charge is 0.406 e. The van der Waals surface area contributed by atoms with Gasteiger partial charge in [-0.15, -0.1) is 0 Å². The highest BCUT2D eigenvalue weighted by molar-refractivity contribution is 5.76. The number of benzene rings is 1. The molecule has 0 aliphatic rings. The van der Waals surface area contributed by atoms with Crippen molar-refractivity contribution in [3.8, 4) is 5.75 Å². The minimum atomic E-state index is -4.52. The van der Waals surface area contributed by atoms with Crippen LogP contribution in [0.3, 0.4) is 0 Å². The van der Waals surface area contributed by atoms with Gasteiger partial charge in [-0.05, 0) is 36.2 Å². The number of furan rings is 1. The second-order valence-corrected chi connectivity index (χ2v) is 5.41. The fourth-order valence-corrected chi connectivity index (χ4v) is 2.31. The first-order chi connectivity index (χ1) is 11.8. The van der Waals surface area contributed by atoms with Gasteiger partial charge >= 0.3 is 6.18 Å². The second-order valence-electron chi connectivity index (χ2n) is 5.41. The highest BCUT2D eigenvalue weighted by Gasteiger charge is 2.33. The maximum absolute atomic E-state index is 13.6. The molecule has 1 aromatic carbocycles. The standard InChI is InChI=1S/C17H17F4NO3/c1-24-15-6-4-12(9-14(15)18)5-7-16(23)22(11-17(19,20)21)10-13-3-2-8-25-13/h2-4,6,8-9H,5,7,10-11H2,1H3. The summed E-state index contributed by atoms with van der Waals surface area (Å²) in [5.74, 6) is -0.959. The predicted molar refractivity (Wildman–Crippen MR) is 81.5 cm³/mol. The molecule has 2 rings (SSSR count). The van der Waals surface area contributed by atoms with E-state index in [2.05, 4.69) is 0 Å². The first kappa shape index (κ1) is 18.8. The van der Waals surface area contributed by atoms with Gasteiger partial charge in [0.15, 0.2) is 11.6 Å². The zero-order chi connectivity index (χ0) is 18.4. The lowest BCUT2D eigenvalue weighted by Gasteiger charge is -2.23. The molecule has 0 N–H and O–H groups in total. The Morgan fingerprint density at radius 3 is 2.60 bits per heavy atom. The molecule has 1 heterocycles. The van der Waals surface area contributed by atoms with Crippen molar-refractivity contribution in [2.24, 2.45) is 0 Å². The van der Waals surface area contributed by atoms with Crippen LogP contribution in [0.25, 0.3) is 0 Å². The van der Waals surface area contributed by atoms with E-state index in [1.54, 1.807) is 6.07 Å². The first-order valence-corrected chi connectivity index (χ1v) is 7.48. The third kappa shape index (κ3) is 5.81. The quantitative estimate of drug-likeness (QED) is 0.703. The predicted octanol–water partition coefficient (Wildman–Crippen LogP) is 3.95. The van der Waals surface area contributed by atoms with E-state index in [1.165, 1.54) is 37.6 Å². The average molecular weight is 359 g/mol. The molecule has 25 heavy (non-hydrogen) atoms. The van der Waals surface area contributed by atoms with Crippen molar-refractivity contribution in [2.75, 3.05) is 13.7 Å². The third-order valence-electron chi connectivity index (χ3n) is 3.49. The number of hydrogen-bond donors (Lipinski definition) is 0. The van der Waals surface area contributed by atoms with Crippen LogP contribution in [0.2, 0.25) is 0 Å². The summed E-state index contributed by atoms with van der Waals surface area (Å²) in [4.78, 5) is 12.9. The maximum atomic E-state index is 13.6. The van der Waals surface area contributed by atoms with E-state index in [0.29, 0.717) is 10.5 Å². The molecule has 2 aromatic rings. The summed E-state index contributed by atoms with van der Waals surface area (Å²) in [6.07, 6.45) is -3.25. The molecule has 1 amide bonds. The summed E-state index contributed by atoms with van der Waals surface area (Å²) in [6, 6.07) is 7.20. The lowest BCUT2D eigenvalue weighted by atomic mass is 10.1. The number of carbonyl (C=O) groups is 1. The fourth-order valence-electron chi connectivity index (χ4n) is 2.31. The Balaban J connectivity index is 2.02. The summed E-state index contributed by atoms with van der Waals surface area (Å²) in [5, 5.41) is 0. The van der Waals surface area contributed by atoms with Gasteiger partial charge in [0.05, 0.1) is 19.9 Å². The number of amides is 1. The van der Waals surface area contributed by atoms with Crippen molar-refractivity contribution < 1.29 is 31.5 Å². The first-order valence-electron chi connectivity index (χ1n) is 7.48. The molecule has 4 nitrogen and oxygen atoms in total. The zero-order valence-electron chi connectivity index (χ0n) is 13.5. The molecular weight excluding hydrogens is 342 g/mol. The molecule has 1 aromatic heterocycles. The minimum absolute atomic E-state index is 0.0617. The summed E-state index contributed by atoms with van der Waals surface area (Å²) >= 11 is 0. The van der Waals surface area contributed by atoms with E-state index < -0.39 is 24.4 Å². The van der Waals surface area contributed by atoms with Crippen LogP contribution in [0.5, 0.6) is 5.75 Å². The monoisotopic (exact) mass is 359 g/mol. The number of alkyl halides is 3. The van der Waals surface area contributed by atoms with Gasteiger partial charge in [0.25, 0.3) is 0 Å². The van der Waals surface area contributed by atoms with Crippen LogP contribution in [0.15, 0.2) is 41.0 Å². The lowest BCUT2D eigenvalue weighted by Crippen LogP contribution is -2.38. The largest absolute Gasteiger partial charge is 0.494 e. The van der Waals surface area contributed by atoms with Crippen LogP contribution in [-0.2, 0) is 17.8 Å². The molecule has 8 heteroatoms. The van der Waals surface area contributed by atoms with E-state index in [1.807, 2.05) is 0 Å². The molecule has 0 spiro atoms. The molecule has 0 radical (unpaired) electrons. The van der Waals surface area contributed by atoms with E-state index in [9.17, 15) is 22.4 Å². The van der Waals surface area contributed by atoms with Crippen molar-refractivity contribution in [1.29, 1.82) is 0 Å². The summed E-state index contributed by atoms with van der Waals surface area (Å²) in [7, 11) is 1.32. The van der Waals surface area contributed by atoms with Gasteiger partial charge in [-0.25, -0.2) is 4.39 Å². The maximum Gasteiger partial charge on any atom is 0.406 e. The third-order valence-corrected chi connectivity index (χ3v) is 3.49. The van der Waals surface area contributed by atoms with Crippen molar-refractivity contribution in [1.82, 2.24) is 4.90 Å². The molecule has 0 saturated heterocycles. The van der Waals surface area contributed by atoms with Gasteiger partial charge in [0.1, 0.15) is 12.3 Å². The van der Waals surface area contributed by atoms with Crippen LogP contribution in [0, 0.1) is 5.82 Å². The van der Waals surface area contributed by atoms with E-state index in [0.717, 1.165) is 0 Å².